The Morgan fingerprint density at radius 3 is 2.68 bits per heavy atom. The lowest BCUT2D eigenvalue weighted by Gasteiger charge is -2.30. The highest BCUT2D eigenvalue weighted by Crippen LogP contribution is 2.22. The summed E-state index contributed by atoms with van der Waals surface area (Å²) in [6, 6.07) is -0.923. The molecule has 0 aromatic carbocycles. The minimum Gasteiger partial charge on any atom is -0.481 e. The van der Waals surface area contributed by atoms with Gasteiger partial charge in [0.15, 0.2) is 0 Å². The number of carboxylic acid groups (broad SMARTS) is 1. The Hall–Kier alpha value is -2.00. The minimum absolute atomic E-state index is 0.102. The standard InChI is InChI=1S/C16H28N6O3/c1-3-11(2)15(17)12-10-22(20-19-12)13(4-5-14(23)24)16(25)21-8-6-18-7-9-21/h10-11,13,15,18H,3-9,17H2,1-2H3,(H,23,24)/t11-,13-,15-/m0/s1. The largest absolute Gasteiger partial charge is 0.481 e. The lowest BCUT2D eigenvalue weighted by atomic mass is 9.98. The van der Waals surface area contributed by atoms with Gasteiger partial charge in [0.05, 0.1) is 17.9 Å². The third-order valence-electron chi connectivity index (χ3n) is 4.79. The molecule has 0 saturated carbocycles. The molecule has 1 saturated heterocycles. The second-order valence-corrected chi connectivity index (χ2v) is 6.56. The summed E-state index contributed by atoms with van der Waals surface area (Å²) in [7, 11) is 0. The molecule has 9 nitrogen and oxygen atoms in total. The number of hydrogen-bond acceptors (Lipinski definition) is 6. The van der Waals surface area contributed by atoms with Gasteiger partial charge in [-0.25, -0.2) is 4.68 Å². The zero-order valence-electron chi connectivity index (χ0n) is 14.9. The average Bonchev–Trinajstić information content (AvgIpc) is 3.10. The van der Waals surface area contributed by atoms with Crippen LogP contribution in [0.2, 0.25) is 0 Å². The van der Waals surface area contributed by atoms with Gasteiger partial charge in [-0.05, 0) is 12.3 Å². The predicted molar refractivity (Wildman–Crippen MR) is 91.8 cm³/mol. The minimum atomic E-state index is -0.935. The first-order valence-electron chi connectivity index (χ1n) is 8.82. The molecule has 0 aliphatic carbocycles. The van der Waals surface area contributed by atoms with Crippen LogP contribution < -0.4 is 11.1 Å². The van der Waals surface area contributed by atoms with Crippen LogP contribution in [0, 0.1) is 5.92 Å². The molecule has 1 amide bonds. The highest BCUT2D eigenvalue weighted by atomic mass is 16.4. The topological polar surface area (TPSA) is 126 Å². The van der Waals surface area contributed by atoms with Gasteiger partial charge in [-0.1, -0.05) is 25.5 Å². The van der Waals surface area contributed by atoms with Gasteiger partial charge in [-0.2, -0.15) is 0 Å². The molecule has 9 heteroatoms. The smallest absolute Gasteiger partial charge is 0.303 e. The molecule has 1 aliphatic heterocycles. The first-order chi connectivity index (χ1) is 11.9. The SMILES string of the molecule is CC[C@H](C)[C@H](N)c1cn([C@@H](CCC(=O)O)C(=O)N2CCNCC2)nn1. The van der Waals surface area contributed by atoms with E-state index in [0.29, 0.717) is 18.8 Å². The lowest BCUT2D eigenvalue weighted by Crippen LogP contribution is -2.48. The van der Waals surface area contributed by atoms with E-state index in [1.54, 1.807) is 11.1 Å². The molecule has 3 atom stereocenters. The van der Waals surface area contributed by atoms with Crippen molar-refractivity contribution in [1.29, 1.82) is 0 Å². The number of nitrogens with one attached hydrogen (secondary N) is 1. The number of aliphatic carboxylic acids is 1. The van der Waals surface area contributed by atoms with E-state index in [0.717, 1.165) is 19.5 Å². The zero-order chi connectivity index (χ0) is 18.4. The van der Waals surface area contributed by atoms with E-state index in [2.05, 4.69) is 22.6 Å². The van der Waals surface area contributed by atoms with Crippen LogP contribution in [-0.2, 0) is 9.59 Å². The van der Waals surface area contributed by atoms with E-state index >= 15 is 0 Å². The molecule has 140 valence electrons. The molecule has 1 fully saturated rings. The maximum absolute atomic E-state index is 12.9. The van der Waals surface area contributed by atoms with Crippen molar-refractivity contribution in [2.45, 2.75) is 45.2 Å². The van der Waals surface area contributed by atoms with Gasteiger partial charge >= 0.3 is 5.97 Å². The molecule has 0 radical (unpaired) electrons. The highest BCUT2D eigenvalue weighted by Gasteiger charge is 2.29. The summed E-state index contributed by atoms with van der Waals surface area (Å²) >= 11 is 0. The Morgan fingerprint density at radius 1 is 1.40 bits per heavy atom. The number of amides is 1. The summed E-state index contributed by atoms with van der Waals surface area (Å²) in [4.78, 5) is 25.6. The number of rotatable bonds is 8. The fourth-order valence-corrected chi connectivity index (χ4v) is 2.87. The molecule has 2 heterocycles. The van der Waals surface area contributed by atoms with Crippen molar-refractivity contribution in [3.05, 3.63) is 11.9 Å². The van der Waals surface area contributed by atoms with Crippen molar-refractivity contribution < 1.29 is 14.7 Å². The molecule has 1 aromatic heterocycles. The third-order valence-corrected chi connectivity index (χ3v) is 4.79. The third kappa shape index (κ3) is 4.99. The fourth-order valence-electron chi connectivity index (χ4n) is 2.87. The Morgan fingerprint density at radius 2 is 2.08 bits per heavy atom. The van der Waals surface area contributed by atoms with Gasteiger partial charge < -0.3 is 21.1 Å². The molecule has 0 bridgehead atoms. The molecular formula is C16H28N6O3. The van der Waals surface area contributed by atoms with Crippen molar-refractivity contribution in [2.75, 3.05) is 26.2 Å². The van der Waals surface area contributed by atoms with Crippen molar-refractivity contribution in [2.24, 2.45) is 11.7 Å². The molecule has 4 N–H and O–H groups in total. The van der Waals surface area contributed by atoms with E-state index in [-0.39, 0.29) is 30.7 Å². The van der Waals surface area contributed by atoms with Gasteiger partial charge in [0.25, 0.3) is 0 Å². The quantitative estimate of drug-likeness (QED) is 0.608. The number of hydrogen-bond donors (Lipinski definition) is 3. The molecular weight excluding hydrogens is 324 g/mol. The van der Waals surface area contributed by atoms with Crippen LogP contribution in [0.25, 0.3) is 0 Å². The van der Waals surface area contributed by atoms with Crippen LogP contribution in [0.3, 0.4) is 0 Å². The van der Waals surface area contributed by atoms with E-state index < -0.39 is 12.0 Å². The summed E-state index contributed by atoms with van der Waals surface area (Å²) in [5.41, 5.74) is 6.82. The molecule has 0 spiro atoms. The monoisotopic (exact) mass is 352 g/mol. The van der Waals surface area contributed by atoms with Gasteiger partial charge in [-0.3, -0.25) is 9.59 Å². The summed E-state index contributed by atoms with van der Waals surface area (Å²) < 4.78 is 1.48. The van der Waals surface area contributed by atoms with E-state index in [9.17, 15) is 9.59 Å². The molecule has 25 heavy (non-hydrogen) atoms. The van der Waals surface area contributed by atoms with Gasteiger partial charge in [0, 0.05) is 32.6 Å². The van der Waals surface area contributed by atoms with E-state index in [4.69, 9.17) is 10.8 Å². The summed E-state index contributed by atoms with van der Waals surface area (Å²) in [6.45, 7) is 6.78. The lowest BCUT2D eigenvalue weighted by molar-refractivity contribution is -0.139. The number of nitrogens with zero attached hydrogens (tertiary/aromatic N) is 4. The molecule has 0 unspecified atom stereocenters. The first-order valence-corrected chi connectivity index (χ1v) is 8.82. The van der Waals surface area contributed by atoms with Crippen LogP contribution in [-0.4, -0.2) is 63.1 Å². The number of carboxylic acids is 1. The van der Waals surface area contributed by atoms with Crippen LogP contribution >= 0.6 is 0 Å². The maximum Gasteiger partial charge on any atom is 0.303 e. The molecule has 1 aromatic rings. The van der Waals surface area contributed by atoms with Crippen molar-refractivity contribution >= 4 is 11.9 Å². The molecule has 2 rings (SSSR count). The van der Waals surface area contributed by atoms with Crippen LogP contribution in [0.5, 0.6) is 0 Å². The van der Waals surface area contributed by atoms with E-state index in [1.807, 2.05) is 6.92 Å². The van der Waals surface area contributed by atoms with Gasteiger partial charge in [0.1, 0.15) is 6.04 Å². The summed E-state index contributed by atoms with van der Waals surface area (Å²) in [5.74, 6) is -0.808. The van der Waals surface area contributed by atoms with Crippen molar-refractivity contribution in [3.8, 4) is 0 Å². The predicted octanol–water partition coefficient (Wildman–Crippen LogP) is 0.162. The normalized spacial score (nSPS) is 18.6. The van der Waals surface area contributed by atoms with E-state index in [1.165, 1.54) is 4.68 Å². The van der Waals surface area contributed by atoms with Crippen LogP contribution in [0.1, 0.15) is 50.9 Å². The van der Waals surface area contributed by atoms with Gasteiger partial charge in [-0.15, -0.1) is 5.10 Å². The second-order valence-electron chi connectivity index (χ2n) is 6.56. The highest BCUT2D eigenvalue weighted by molar-refractivity contribution is 5.81. The number of aromatic nitrogens is 3. The number of carbonyl (C=O) groups is 2. The summed E-state index contributed by atoms with van der Waals surface area (Å²) in [5, 5.41) is 20.4. The fraction of sp³-hybridized carbons (Fsp3) is 0.750. The van der Waals surface area contributed by atoms with Gasteiger partial charge in [0.2, 0.25) is 5.91 Å². The first kappa shape index (κ1) is 19.3. The summed E-state index contributed by atoms with van der Waals surface area (Å²) in [6.07, 6.45) is 2.67. The average molecular weight is 352 g/mol. The Labute approximate surface area is 147 Å². The van der Waals surface area contributed by atoms with Crippen molar-refractivity contribution in [1.82, 2.24) is 25.2 Å². The van der Waals surface area contributed by atoms with Crippen LogP contribution in [0.4, 0.5) is 0 Å². The second kappa shape index (κ2) is 8.91. The maximum atomic E-state index is 12.9. The number of piperazine rings is 1. The molecule has 1 aliphatic rings. The number of nitrogens with two attached hydrogens (primary N) is 1. The van der Waals surface area contributed by atoms with Crippen molar-refractivity contribution in [3.63, 3.8) is 0 Å². The Balaban J connectivity index is 2.18. The zero-order valence-corrected chi connectivity index (χ0v) is 14.9. The Kier molecular flexibility index (Phi) is 6.89. The Bertz CT molecular complexity index is 584. The van der Waals surface area contributed by atoms with Crippen LogP contribution in [0.15, 0.2) is 6.20 Å². The number of carbonyl (C=O) groups excluding carboxylic acids is 1.